The Labute approximate surface area is 105 Å². The summed E-state index contributed by atoms with van der Waals surface area (Å²) in [7, 11) is 1.55. The number of fused-ring (bicyclic) bond motifs is 1. The Kier molecular flexibility index (Phi) is 3.62. The Morgan fingerprint density at radius 2 is 2.06 bits per heavy atom. The van der Waals surface area contributed by atoms with E-state index < -0.39 is 12.0 Å². The number of carbonyl (C=O) groups is 2. The third kappa shape index (κ3) is 2.51. The number of carboxylic acid groups (broad SMARTS) is 1. The number of carbonyl (C=O) groups excluding carboxylic acids is 1. The third-order valence-electron chi connectivity index (χ3n) is 3.26. The molecule has 0 aromatic heterocycles. The molecule has 1 aromatic rings. The van der Waals surface area contributed by atoms with Gasteiger partial charge in [0.15, 0.2) is 0 Å². The molecule has 18 heavy (non-hydrogen) atoms. The minimum atomic E-state index is -0.881. The molecule has 1 aliphatic rings. The largest absolute Gasteiger partial charge is 0.480 e. The van der Waals surface area contributed by atoms with Crippen molar-refractivity contribution >= 4 is 11.9 Å². The predicted octanol–water partition coefficient (Wildman–Crippen LogP) is 0.244. The molecule has 0 radical (unpaired) electrons. The molecular weight excluding hydrogens is 232 g/mol. The van der Waals surface area contributed by atoms with Crippen LogP contribution in [-0.2, 0) is 22.6 Å². The van der Waals surface area contributed by atoms with Crippen LogP contribution < -0.4 is 5.32 Å². The molecule has 1 heterocycles. The predicted molar refractivity (Wildman–Crippen MR) is 66.0 cm³/mol. The van der Waals surface area contributed by atoms with Crippen molar-refractivity contribution in [2.24, 2.45) is 0 Å². The maximum atomic E-state index is 11.4. The quantitative estimate of drug-likeness (QED) is 0.804. The Bertz CT molecular complexity index is 473. The Morgan fingerprint density at radius 3 is 2.67 bits per heavy atom. The van der Waals surface area contributed by atoms with E-state index in [0.717, 1.165) is 11.1 Å². The van der Waals surface area contributed by atoms with E-state index in [1.54, 1.807) is 11.9 Å². The molecule has 1 aliphatic heterocycles. The van der Waals surface area contributed by atoms with Crippen molar-refractivity contribution in [2.45, 2.75) is 19.0 Å². The van der Waals surface area contributed by atoms with E-state index in [1.165, 1.54) is 0 Å². The van der Waals surface area contributed by atoms with Crippen molar-refractivity contribution in [3.05, 3.63) is 35.4 Å². The first-order valence-electron chi connectivity index (χ1n) is 5.86. The Hall–Kier alpha value is -1.88. The highest BCUT2D eigenvalue weighted by atomic mass is 16.4. The number of hydrogen-bond acceptors (Lipinski definition) is 3. The average Bonchev–Trinajstić information content (AvgIpc) is 2.37. The van der Waals surface area contributed by atoms with Gasteiger partial charge in [0.2, 0.25) is 5.91 Å². The second-order valence-corrected chi connectivity index (χ2v) is 4.41. The van der Waals surface area contributed by atoms with Gasteiger partial charge in [-0.25, -0.2) is 0 Å². The monoisotopic (exact) mass is 248 g/mol. The summed E-state index contributed by atoms with van der Waals surface area (Å²) in [6.45, 7) is 0.613. The fourth-order valence-electron chi connectivity index (χ4n) is 2.25. The average molecular weight is 248 g/mol. The van der Waals surface area contributed by atoms with Crippen molar-refractivity contribution in [2.75, 3.05) is 13.6 Å². The second-order valence-electron chi connectivity index (χ2n) is 4.41. The number of hydrogen-bond donors (Lipinski definition) is 2. The SMILES string of the molecule is CNC(=O)CN1Cc2ccccc2CC1C(=O)O. The summed E-state index contributed by atoms with van der Waals surface area (Å²) >= 11 is 0. The maximum Gasteiger partial charge on any atom is 0.321 e. The summed E-state index contributed by atoms with van der Waals surface area (Å²) in [6.07, 6.45) is 0.447. The van der Waals surface area contributed by atoms with Gasteiger partial charge >= 0.3 is 5.97 Å². The maximum absolute atomic E-state index is 11.4. The lowest BCUT2D eigenvalue weighted by atomic mass is 9.94. The molecule has 1 atom stereocenters. The van der Waals surface area contributed by atoms with Gasteiger partial charge in [0.1, 0.15) is 6.04 Å². The summed E-state index contributed by atoms with van der Waals surface area (Å²) in [6, 6.07) is 7.13. The molecule has 0 saturated carbocycles. The van der Waals surface area contributed by atoms with Crippen molar-refractivity contribution in [1.29, 1.82) is 0 Å². The molecule has 1 unspecified atom stereocenters. The second kappa shape index (κ2) is 5.18. The number of amides is 1. The molecule has 0 saturated heterocycles. The molecule has 0 bridgehead atoms. The number of likely N-dealkylation sites (N-methyl/N-ethyl adjacent to an activating group) is 1. The van der Waals surface area contributed by atoms with Gasteiger partial charge in [0.05, 0.1) is 6.54 Å². The van der Waals surface area contributed by atoms with Crippen LogP contribution in [0.4, 0.5) is 0 Å². The van der Waals surface area contributed by atoms with Gasteiger partial charge in [-0.3, -0.25) is 14.5 Å². The van der Waals surface area contributed by atoms with Crippen molar-refractivity contribution in [1.82, 2.24) is 10.2 Å². The summed E-state index contributed by atoms with van der Waals surface area (Å²) in [5.41, 5.74) is 2.15. The van der Waals surface area contributed by atoms with Crippen LogP contribution in [0.5, 0.6) is 0 Å². The number of carboxylic acids is 1. The van der Waals surface area contributed by atoms with Gasteiger partial charge in [-0.05, 0) is 17.5 Å². The molecule has 96 valence electrons. The van der Waals surface area contributed by atoms with E-state index in [9.17, 15) is 14.7 Å². The number of rotatable bonds is 3. The summed E-state index contributed by atoms with van der Waals surface area (Å²) in [5.74, 6) is -1.05. The van der Waals surface area contributed by atoms with Gasteiger partial charge < -0.3 is 10.4 Å². The Balaban J connectivity index is 2.23. The molecule has 2 rings (SSSR count). The first-order chi connectivity index (χ1) is 8.61. The van der Waals surface area contributed by atoms with Crippen LogP contribution >= 0.6 is 0 Å². The van der Waals surface area contributed by atoms with Crippen LogP contribution in [0.15, 0.2) is 24.3 Å². The molecule has 2 N–H and O–H groups in total. The van der Waals surface area contributed by atoms with Crippen molar-refractivity contribution < 1.29 is 14.7 Å². The molecule has 5 nitrogen and oxygen atoms in total. The van der Waals surface area contributed by atoms with E-state index in [-0.39, 0.29) is 12.5 Å². The zero-order chi connectivity index (χ0) is 13.1. The van der Waals surface area contributed by atoms with E-state index in [4.69, 9.17) is 0 Å². The van der Waals surface area contributed by atoms with E-state index in [1.807, 2.05) is 24.3 Å². The number of benzene rings is 1. The normalized spacial score (nSPS) is 19.1. The van der Waals surface area contributed by atoms with E-state index in [0.29, 0.717) is 13.0 Å². The fraction of sp³-hybridized carbons (Fsp3) is 0.385. The molecular formula is C13H16N2O3. The fourth-order valence-corrected chi connectivity index (χ4v) is 2.25. The van der Waals surface area contributed by atoms with E-state index >= 15 is 0 Å². The standard InChI is InChI=1S/C13H16N2O3/c1-14-12(16)8-15-7-10-5-3-2-4-9(10)6-11(15)13(17)18/h2-5,11H,6-8H2,1H3,(H,14,16)(H,17,18). The molecule has 1 aromatic carbocycles. The van der Waals surface area contributed by atoms with Crippen molar-refractivity contribution in [3.63, 3.8) is 0 Å². The summed E-state index contributed by atoms with van der Waals surface area (Å²) in [4.78, 5) is 24.4. The van der Waals surface area contributed by atoms with Gasteiger partial charge in [0, 0.05) is 13.6 Å². The van der Waals surface area contributed by atoms with Crippen LogP contribution in [-0.4, -0.2) is 41.5 Å². The minimum Gasteiger partial charge on any atom is -0.480 e. The zero-order valence-corrected chi connectivity index (χ0v) is 10.2. The van der Waals surface area contributed by atoms with Gasteiger partial charge in [-0.1, -0.05) is 24.3 Å². The first kappa shape index (κ1) is 12.6. The van der Waals surface area contributed by atoms with Gasteiger partial charge in [0.25, 0.3) is 0 Å². The molecule has 0 spiro atoms. The lowest BCUT2D eigenvalue weighted by molar-refractivity contribution is -0.144. The van der Waals surface area contributed by atoms with Crippen LogP contribution in [0, 0.1) is 0 Å². The lowest BCUT2D eigenvalue weighted by Gasteiger charge is -2.33. The lowest BCUT2D eigenvalue weighted by Crippen LogP contribution is -2.49. The Morgan fingerprint density at radius 1 is 1.39 bits per heavy atom. The number of aliphatic carboxylic acids is 1. The smallest absolute Gasteiger partial charge is 0.321 e. The molecule has 0 fully saturated rings. The first-order valence-corrected chi connectivity index (χ1v) is 5.86. The van der Waals surface area contributed by atoms with Gasteiger partial charge in [-0.2, -0.15) is 0 Å². The topological polar surface area (TPSA) is 69.6 Å². The van der Waals surface area contributed by atoms with Crippen LogP contribution in [0.2, 0.25) is 0 Å². The third-order valence-corrected chi connectivity index (χ3v) is 3.26. The number of nitrogens with zero attached hydrogens (tertiary/aromatic N) is 1. The van der Waals surface area contributed by atoms with Crippen LogP contribution in [0.1, 0.15) is 11.1 Å². The molecule has 1 amide bonds. The summed E-state index contributed by atoms with van der Waals surface area (Å²) in [5, 5.41) is 11.8. The molecule has 0 aliphatic carbocycles. The van der Waals surface area contributed by atoms with Crippen LogP contribution in [0.3, 0.4) is 0 Å². The minimum absolute atomic E-state index is 0.113. The van der Waals surface area contributed by atoms with E-state index in [2.05, 4.69) is 5.32 Å². The highest BCUT2D eigenvalue weighted by Gasteiger charge is 2.32. The summed E-state index contributed by atoms with van der Waals surface area (Å²) < 4.78 is 0. The van der Waals surface area contributed by atoms with Crippen LogP contribution in [0.25, 0.3) is 0 Å². The highest BCUT2D eigenvalue weighted by Crippen LogP contribution is 2.23. The molecule has 5 heteroatoms. The zero-order valence-electron chi connectivity index (χ0n) is 10.2. The highest BCUT2D eigenvalue weighted by molar-refractivity contribution is 5.80. The van der Waals surface area contributed by atoms with Crippen molar-refractivity contribution in [3.8, 4) is 0 Å². The number of nitrogens with one attached hydrogen (secondary N) is 1. The van der Waals surface area contributed by atoms with Gasteiger partial charge in [-0.15, -0.1) is 0 Å².